The molecule has 3 nitrogen and oxygen atoms in total. The largest absolute Gasteiger partial charge is 0.313 e. The van der Waals surface area contributed by atoms with E-state index in [1.54, 1.807) is 0 Å². The van der Waals surface area contributed by atoms with Gasteiger partial charge in [-0.3, -0.25) is 0 Å². The summed E-state index contributed by atoms with van der Waals surface area (Å²) in [6.07, 6.45) is 4.13. The van der Waals surface area contributed by atoms with Gasteiger partial charge in [-0.15, -0.1) is 0 Å². The Morgan fingerprint density at radius 2 is 2.10 bits per heavy atom. The topological polar surface area (TPSA) is 29.9 Å². The minimum atomic E-state index is 0.264. The number of nitrogens with zero attached hydrogens (tertiary/aromatic N) is 2. The molecule has 20 heavy (non-hydrogen) atoms. The summed E-state index contributed by atoms with van der Waals surface area (Å²) in [5, 5.41) is 8.73. The molecule has 3 rings (SSSR count). The van der Waals surface area contributed by atoms with Crippen molar-refractivity contribution in [3.05, 3.63) is 46.7 Å². The van der Waals surface area contributed by atoms with Gasteiger partial charge >= 0.3 is 0 Å². The summed E-state index contributed by atoms with van der Waals surface area (Å²) in [5.41, 5.74) is 3.79. The molecule has 1 aliphatic carbocycles. The molecule has 0 saturated heterocycles. The molecule has 106 valence electrons. The molecule has 4 heteroatoms. The zero-order valence-corrected chi connectivity index (χ0v) is 12.9. The fourth-order valence-electron chi connectivity index (χ4n) is 3.13. The zero-order chi connectivity index (χ0) is 14.3. The minimum absolute atomic E-state index is 0.264. The molecule has 1 heterocycles. The molecule has 1 unspecified atom stereocenters. The first-order valence-corrected chi connectivity index (χ1v) is 7.38. The molecule has 1 aromatic heterocycles. The van der Waals surface area contributed by atoms with Crippen LogP contribution in [0.1, 0.15) is 37.6 Å². The second kappa shape index (κ2) is 4.90. The van der Waals surface area contributed by atoms with E-state index in [-0.39, 0.29) is 5.41 Å². The SMILES string of the molecule is CNC1CC(C)(C)Cc2c1cnn2-c1ccccc1Cl. The summed E-state index contributed by atoms with van der Waals surface area (Å²) in [7, 11) is 2.02. The van der Waals surface area contributed by atoms with Gasteiger partial charge in [0.05, 0.1) is 16.9 Å². The number of rotatable bonds is 2. The van der Waals surface area contributed by atoms with Gasteiger partial charge in [0, 0.05) is 17.3 Å². The number of aromatic nitrogens is 2. The zero-order valence-electron chi connectivity index (χ0n) is 12.2. The van der Waals surface area contributed by atoms with Crippen molar-refractivity contribution in [2.75, 3.05) is 7.05 Å². The highest BCUT2D eigenvalue weighted by molar-refractivity contribution is 6.32. The van der Waals surface area contributed by atoms with E-state index >= 15 is 0 Å². The lowest BCUT2D eigenvalue weighted by Crippen LogP contribution is -2.32. The fourth-order valence-corrected chi connectivity index (χ4v) is 3.35. The number of hydrogen-bond acceptors (Lipinski definition) is 2. The number of para-hydroxylation sites is 1. The Morgan fingerprint density at radius 1 is 1.35 bits per heavy atom. The average molecular weight is 290 g/mol. The minimum Gasteiger partial charge on any atom is -0.313 e. The normalized spacial score (nSPS) is 20.7. The van der Waals surface area contributed by atoms with Gasteiger partial charge in [-0.2, -0.15) is 5.10 Å². The molecule has 1 aromatic carbocycles. The maximum atomic E-state index is 6.32. The van der Waals surface area contributed by atoms with Crippen molar-refractivity contribution < 1.29 is 0 Å². The number of benzene rings is 1. The summed E-state index contributed by atoms with van der Waals surface area (Å²) >= 11 is 6.32. The third-order valence-corrected chi connectivity index (χ3v) is 4.43. The van der Waals surface area contributed by atoms with Gasteiger partial charge in [-0.05, 0) is 37.4 Å². The van der Waals surface area contributed by atoms with E-state index in [1.165, 1.54) is 11.3 Å². The van der Waals surface area contributed by atoms with E-state index in [4.69, 9.17) is 11.6 Å². The predicted molar refractivity (Wildman–Crippen MR) is 82.5 cm³/mol. The smallest absolute Gasteiger partial charge is 0.0835 e. The Bertz CT molecular complexity index is 630. The van der Waals surface area contributed by atoms with E-state index < -0.39 is 0 Å². The summed E-state index contributed by atoms with van der Waals surface area (Å²) in [6, 6.07) is 8.24. The maximum Gasteiger partial charge on any atom is 0.0835 e. The first kappa shape index (κ1) is 13.7. The van der Waals surface area contributed by atoms with Gasteiger partial charge in [0.2, 0.25) is 0 Å². The van der Waals surface area contributed by atoms with Crippen molar-refractivity contribution in [2.24, 2.45) is 5.41 Å². The molecule has 0 spiro atoms. The van der Waals surface area contributed by atoms with Gasteiger partial charge in [0.1, 0.15) is 0 Å². The Labute approximate surface area is 124 Å². The van der Waals surface area contributed by atoms with Gasteiger partial charge in [0.25, 0.3) is 0 Å². The lowest BCUT2D eigenvalue weighted by Gasteiger charge is -2.35. The molecule has 0 fully saturated rings. The molecule has 1 atom stereocenters. The Hall–Kier alpha value is -1.32. The third kappa shape index (κ3) is 2.25. The van der Waals surface area contributed by atoms with Gasteiger partial charge < -0.3 is 5.32 Å². The fraction of sp³-hybridized carbons (Fsp3) is 0.438. The molecule has 0 aliphatic heterocycles. The average Bonchev–Trinajstić information content (AvgIpc) is 2.80. The van der Waals surface area contributed by atoms with Crippen LogP contribution in [0.3, 0.4) is 0 Å². The Balaban J connectivity index is 2.13. The third-order valence-electron chi connectivity index (χ3n) is 4.11. The first-order chi connectivity index (χ1) is 9.52. The van der Waals surface area contributed by atoms with Crippen molar-refractivity contribution in [2.45, 2.75) is 32.7 Å². The van der Waals surface area contributed by atoms with E-state index in [1.807, 2.05) is 42.2 Å². The highest BCUT2D eigenvalue weighted by atomic mass is 35.5. The second-order valence-electron chi connectivity index (χ2n) is 6.30. The maximum absolute atomic E-state index is 6.32. The number of nitrogens with one attached hydrogen (secondary N) is 1. The van der Waals surface area contributed by atoms with Gasteiger partial charge in [-0.1, -0.05) is 37.6 Å². The van der Waals surface area contributed by atoms with Crippen molar-refractivity contribution in [3.8, 4) is 5.69 Å². The quantitative estimate of drug-likeness (QED) is 0.912. The van der Waals surface area contributed by atoms with Crippen molar-refractivity contribution in [3.63, 3.8) is 0 Å². The Kier molecular flexibility index (Phi) is 3.35. The molecule has 0 saturated carbocycles. The molecular weight excluding hydrogens is 270 g/mol. The standard InChI is InChI=1S/C16H20ClN3/c1-16(2)8-13(18-3)11-10-19-20(15(11)9-16)14-7-5-4-6-12(14)17/h4-7,10,13,18H,8-9H2,1-3H3. The molecule has 0 bridgehead atoms. The number of halogens is 1. The van der Waals surface area contributed by atoms with Crippen LogP contribution in [0.15, 0.2) is 30.5 Å². The van der Waals surface area contributed by atoms with E-state index in [9.17, 15) is 0 Å². The molecule has 0 radical (unpaired) electrons. The second-order valence-corrected chi connectivity index (χ2v) is 6.70. The van der Waals surface area contributed by atoms with Gasteiger partial charge in [0.15, 0.2) is 0 Å². The first-order valence-electron chi connectivity index (χ1n) is 7.01. The number of fused-ring (bicyclic) bond motifs is 1. The highest BCUT2D eigenvalue weighted by Gasteiger charge is 2.34. The highest BCUT2D eigenvalue weighted by Crippen LogP contribution is 2.41. The van der Waals surface area contributed by atoms with Crippen molar-refractivity contribution in [1.82, 2.24) is 15.1 Å². The van der Waals surface area contributed by atoms with Gasteiger partial charge in [-0.25, -0.2) is 4.68 Å². The van der Waals surface area contributed by atoms with E-state index in [2.05, 4.69) is 24.3 Å². The van der Waals surface area contributed by atoms with E-state index in [0.717, 1.165) is 23.6 Å². The van der Waals surface area contributed by atoms with Crippen LogP contribution in [0.5, 0.6) is 0 Å². The van der Waals surface area contributed by atoms with Crippen LogP contribution in [0, 0.1) is 5.41 Å². The summed E-state index contributed by atoms with van der Waals surface area (Å²) in [4.78, 5) is 0. The molecular formula is C16H20ClN3. The summed E-state index contributed by atoms with van der Waals surface area (Å²) in [6.45, 7) is 4.62. The van der Waals surface area contributed by atoms with Crippen molar-refractivity contribution in [1.29, 1.82) is 0 Å². The van der Waals surface area contributed by atoms with Crippen LogP contribution in [0.4, 0.5) is 0 Å². The monoisotopic (exact) mass is 289 g/mol. The summed E-state index contributed by atoms with van der Waals surface area (Å²) in [5.74, 6) is 0. The predicted octanol–water partition coefficient (Wildman–Crippen LogP) is 3.76. The molecule has 1 aliphatic rings. The van der Waals surface area contributed by atoms with Crippen molar-refractivity contribution >= 4 is 11.6 Å². The molecule has 1 N–H and O–H groups in total. The van der Waals surface area contributed by atoms with Crippen LogP contribution in [0.25, 0.3) is 5.69 Å². The van der Waals surface area contributed by atoms with Crippen LogP contribution >= 0.6 is 11.6 Å². The van der Waals surface area contributed by atoms with Crippen LogP contribution in [-0.4, -0.2) is 16.8 Å². The number of hydrogen-bond donors (Lipinski definition) is 1. The van der Waals surface area contributed by atoms with Crippen LogP contribution < -0.4 is 5.32 Å². The van der Waals surface area contributed by atoms with Crippen LogP contribution in [0.2, 0.25) is 5.02 Å². The Morgan fingerprint density at radius 3 is 2.80 bits per heavy atom. The summed E-state index contributed by atoms with van der Waals surface area (Å²) < 4.78 is 2.00. The lowest BCUT2D eigenvalue weighted by molar-refractivity contribution is 0.260. The lowest BCUT2D eigenvalue weighted by atomic mass is 9.74. The van der Waals surface area contributed by atoms with E-state index in [0.29, 0.717) is 6.04 Å². The van der Waals surface area contributed by atoms with Crippen LogP contribution in [-0.2, 0) is 6.42 Å². The molecule has 0 amide bonds. The molecule has 2 aromatic rings.